The molecule has 25 heavy (non-hydrogen) atoms. The highest BCUT2D eigenvalue weighted by molar-refractivity contribution is 7.89. The second-order valence-electron chi connectivity index (χ2n) is 6.49. The number of carbonyl (C=O) groups excluding carboxylic acids is 1. The fourth-order valence-electron chi connectivity index (χ4n) is 3.79. The van der Waals surface area contributed by atoms with Crippen molar-refractivity contribution in [2.24, 2.45) is 0 Å². The van der Waals surface area contributed by atoms with Crippen LogP contribution in [0.2, 0.25) is 0 Å². The maximum absolute atomic E-state index is 14.2. The van der Waals surface area contributed by atoms with Crippen molar-refractivity contribution in [2.45, 2.75) is 36.1 Å². The second kappa shape index (κ2) is 6.06. The molecule has 1 aromatic rings. The summed E-state index contributed by atoms with van der Waals surface area (Å²) in [6, 6.07) is 2.65. The van der Waals surface area contributed by atoms with E-state index < -0.39 is 32.2 Å². The summed E-state index contributed by atoms with van der Waals surface area (Å²) in [5.74, 6) is -2.65. The van der Waals surface area contributed by atoms with Gasteiger partial charge < -0.3 is 10.0 Å². The van der Waals surface area contributed by atoms with E-state index in [9.17, 15) is 22.4 Å². The summed E-state index contributed by atoms with van der Waals surface area (Å²) in [5.41, 5.74) is -1.52. The van der Waals surface area contributed by atoms with Crippen molar-refractivity contribution in [2.75, 3.05) is 20.1 Å². The number of rotatable bonds is 3. The number of hydrogen-bond donors (Lipinski definition) is 1. The quantitative estimate of drug-likeness (QED) is 0.865. The van der Waals surface area contributed by atoms with Crippen LogP contribution in [0.15, 0.2) is 23.1 Å². The standard InChI is InChI=1S/C16H19FN2O5S/c1-18-8-2-6-16(15(18)22)7-3-9-19(16)25(23,24)13-10-11(14(20)21)4-5-12(13)17/h4-5,10H,2-3,6-9H2,1H3,(H,20,21). The maximum atomic E-state index is 14.2. The van der Waals surface area contributed by atoms with Crippen molar-refractivity contribution in [3.63, 3.8) is 0 Å². The van der Waals surface area contributed by atoms with Gasteiger partial charge in [0.2, 0.25) is 15.9 Å². The first-order valence-corrected chi connectivity index (χ1v) is 9.45. The molecule has 1 N–H and O–H groups in total. The minimum atomic E-state index is -4.34. The molecule has 0 aliphatic carbocycles. The number of nitrogens with zero attached hydrogens (tertiary/aromatic N) is 2. The van der Waals surface area contributed by atoms with Gasteiger partial charge in [-0.15, -0.1) is 0 Å². The number of amides is 1. The van der Waals surface area contributed by atoms with E-state index >= 15 is 0 Å². The molecule has 0 saturated carbocycles. The molecule has 1 unspecified atom stereocenters. The van der Waals surface area contributed by atoms with Gasteiger partial charge in [-0.1, -0.05) is 0 Å². The SMILES string of the molecule is CN1CCCC2(CCCN2S(=O)(=O)c2cc(C(=O)O)ccc2F)C1=O. The first-order chi connectivity index (χ1) is 11.7. The van der Waals surface area contributed by atoms with Gasteiger partial charge in [0.25, 0.3) is 0 Å². The van der Waals surface area contributed by atoms with Crippen molar-refractivity contribution in [1.82, 2.24) is 9.21 Å². The molecule has 136 valence electrons. The molecule has 1 aromatic carbocycles. The van der Waals surface area contributed by atoms with E-state index in [1.807, 2.05) is 0 Å². The van der Waals surface area contributed by atoms with Gasteiger partial charge in [0.05, 0.1) is 5.56 Å². The number of hydrogen-bond acceptors (Lipinski definition) is 4. The smallest absolute Gasteiger partial charge is 0.335 e. The molecule has 2 saturated heterocycles. The topological polar surface area (TPSA) is 95.0 Å². The number of carboxylic acids is 1. The molecule has 2 fully saturated rings. The molecule has 1 spiro atoms. The number of likely N-dealkylation sites (tertiary alicyclic amines) is 1. The lowest BCUT2D eigenvalue weighted by Gasteiger charge is -2.42. The summed E-state index contributed by atoms with van der Waals surface area (Å²) in [6.45, 7) is 0.663. The summed E-state index contributed by atoms with van der Waals surface area (Å²) >= 11 is 0. The fraction of sp³-hybridized carbons (Fsp3) is 0.500. The number of likely N-dealkylation sites (N-methyl/N-ethyl adjacent to an activating group) is 1. The zero-order valence-corrected chi connectivity index (χ0v) is 14.6. The van der Waals surface area contributed by atoms with Crippen molar-refractivity contribution in [3.05, 3.63) is 29.6 Å². The van der Waals surface area contributed by atoms with Gasteiger partial charge in [0, 0.05) is 20.1 Å². The lowest BCUT2D eigenvalue weighted by atomic mass is 9.87. The van der Waals surface area contributed by atoms with Crippen LogP contribution in [0.5, 0.6) is 0 Å². The Labute approximate surface area is 145 Å². The van der Waals surface area contributed by atoms with Crippen LogP contribution in [0.25, 0.3) is 0 Å². The van der Waals surface area contributed by atoms with Gasteiger partial charge in [-0.05, 0) is 43.9 Å². The summed E-state index contributed by atoms with van der Waals surface area (Å²) in [4.78, 5) is 24.6. The number of benzene rings is 1. The third-order valence-corrected chi connectivity index (χ3v) is 6.98. The molecule has 9 heteroatoms. The van der Waals surface area contributed by atoms with E-state index in [4.69, 9.17) is 5.11 Å². The Morgan fingerprint density at radius 2 is 1.88 bits per heavy atom. The molecule has 0 radical (unpaired) electrons. The van der Waals surface area contributed by atoms with Gasteiger partial charge in [0.1, 0.15) is 16.3 Å². The number of carboxylic acid groups (broad SMARTS) is 1. The van der Waals surface area contributed by atoms with E-state index in [0.29, 0.717) is 32.2 Å². The van der Waals surface area contributed by atoms with Crippen LogP contribution in [0.1, 0.15) is 36.0 Å². The average Bonchev–Trinajstić information content (AvgIpc) is 2.98. The monoisotopic (exact) mass is 370 g/mol. The number of carbonyl (C=O) groups is 2. The lowest BCUT2D eigenvalue weighted by molar-refractivity contribution is -0.142. The summed E-state index contributed by atoms with van der Waals surface area (Å²) in [5, 5.41) is 9.06. The van der Waals surface area contributed by atoms with Gasteiger partial charge >= 0.3 is 5.97 Å². The van der Waals surface area contributed by atoms with Crippen molar-refractivity contribution in [1.29, 1.82) is 0 Å². The lowest BCUT2D eigenvalue weighted by Crippen LogP contribution is -2.60. The second-order valence-corrected chi connectivity index (χ2v) is 8.32. The normalized spacial score (nSPS) is 24.9. The van der Waals surface area contributed by atoms with E-state index in [0.717, 1.165) is 22.5 Å². The Bertz CT molecular complexity index is 841. The van der Waals surface area contributed by atoms with Crippen LogP contribution < -0.4 is 0 Å². The molecule has 0 aromatic heterocycles. The zero-order valence-electron chi connectivity index (χ0n) is 13.7. The Morgan fingerprint density at radius 3 is 2.52 bits per heavy atom. The first-order valence-electron chi connectivity index (χ1n) is 8.01. The van der Waals surface area contributed by atoms with Crippen molar-refractivity contribution in [3.8, 4) is 0 Å². The molecule has 1 amide bonds. The highest BCUT2D eigenvalue weighted by atomic mass is 32.2. The minimum absolute atomic E-state index is 0.110. The predicted molar refractivity (Wildman–Crippen MR) is 86.1 cm³/mol. The molecule has 2 heterocycles. The molecular weight excluding hydrogens is 351 g/mol. The van der Waals surface area contributed by atoms with Crippen LogP contribution in [0.3, 0.4) is 0 Å². The van der Waals surface area contributed by atoms with Gasteiger partial charge in [0.15, 0.2) is 0 Å². The molecule has 3 rings (SSSR count). The van der Waals surface area contributed by atoms with E-state index in [-0.39, 0.29) is 18.0 Å². The zero-order chi connectivity index (χ0) is 18.4. The predicted octanol–water partition coefficient (Wildman–Crippen LogP) is 1.30. The maximum Gasteiger partial charge on any atom is 0.335 e. The number of halogens is 1. The van der Waals surface area contributed by atoms with E-state index in [2.05, 4.69) is 0 Å². The van der Waals surface area contributed by atoms with Crippen LogP contribution in [-0.4, -0.2) is 60.3 Å². The van der Waals surface area contributed by atoms with Crippen LogP contribution in [0.4, 0.5) is 4.39 Å². The summed E-state index contributed by atoms with van der Waals surface area (Å²) < 4.78 is 41.4. The van der Waals surface area contributed by atoms with Crippen molar-refractivity contribution >= 4 is 21.9 Å². The van der Waals surface area contributed by atoms with Gasteiger partial charge in [-0.3, -0.25) is 4.79 Å². The Hall–Kier alpha value is -2.00. The largest absolute Gasteiger partial charge is 0.478 e. The summed E-state index contributed by atoms with van der Waals surface area (Å²) in [6.07, 6.45) is 1.93. The van der Waals surface area contributed by atoms with Crippen molar-refractivity contribution < 1.29 is 27.5 Å². The molecule has 0 bridgehead atoms. The van der Waals surface area contributed by atoms with E-state index in [1.54, 1.807) is 7.05 Å². The fourth-order valence-corrected chi connectivity index (χ4v) is 5.71. The molecule has 2 aliphatic rings. The van der Waals surface area contributed by atoms with E-state index in [1.165, 1.54) is 4.90 Å². The minimum Gasteiger partial charge on any atom is -0.478 e. The van der Waals surface area contributed by atoms with Gasteiger partial charge in [-0.2, -0.15) is 4.31 Å². The first kappa shape index (κ1) is 17.8. The molecular formula is C16H19FN2O5S. The number of sulfonamides is 1. The number of aromatic carboxylic acids is 1. The Balaban J connectivity index is 2.10. The van der Waals surface area contributed by atoms with Crippen LogP contribution in [-0.2, 0) is 14.8 Å². The van der Waals surface area contributed by atoms with Crippen LogP contribution in [0, 0.1) is 5.82 Å². The highest BCUT2D eigenvalue weighted by Crippen LogP contribution is 2.41. The van der Waals surface area contributed by atoms with Crippen LogP contribution >= 0.6 is 0 Å². The Kier molecular flexibility index (Phi) is 4.32. The molecule has 1 atom stereocenters. The molecule has 2 aliphatic heterocycles. The number of piperidine rings is 1. The van der Waals surface area contributed by atoms with Gasteiger partial charge in [-0.25, -0.2) is 17.6 Å². The highest BCUT2D eigenvalue weighted by Gasteiger charge is 2.55. The summed E-state index contributed by atoms with van der Waals surface area (Å²) in [7, 11) is -2.72. The third kappa shape index (κ3) is 2.71. The third-order valence-electron chi connectivity index (χ3n) is 5.00. The molecule has 7 nitrogen and oxygen atoms in total. The average molecular weight is 370 g/mol. The Morgan fingerprint density at radius 1 is 1.24 bits per heavy atom.